The minimum absolute atomic E-state index is 0.303. The number of hydrogen-bond acceptors (Lipinski definition) is 5. The third kappa shape index (κ3) is 4.50. The van der Waals surface area contributed by atoms with Gasteiger partial charge >= 0.3 is 5.97 Å². The van der Waals surface area contributed by atoms with Gasteiger partial charge in [-0.2, -0.15) is 0 Å². The van der Waals surface area contributed by atoms with Gasteiger partial charge in [-0.25, -0.2) is 4.79 Å². The molecule has 1 amide bonds. The van der Waals surface area contributed by atoms with E-state index >= 15 is 0 Å². The quantitative estimate of drug-likeness (QED) is 0.610. The van der Waals surface area contributed by atoms with Crippen molar-refractivity contribution in [3.05, 3.63) is 28.2 Å². The Hall–Kier alpha value is -1.60. The van der Waals surface area contributed by atoms with Crippen LogP contribution in [0.5, 0.6) is 0 Å². The number of methoxy groups -OCH3 is 1. The van der Waals surface area contributed by atoms with Crippen molar-refractivity contribution >= 4 is 33.5 Å². The summed E-state index contributed by atoms with van der Waals surface area (Å²) in [5.74, 6) is -0.753. The number of benzene rings is 1. The van der Waals surface area contributed by atoms with Crippen molar-refractivity contribution in [3.63, 3.8) is 0 Å². The fraction of sp³-hybridized carbons (Fsp3) is 0.385. The summed E-state index contributed by atoms with van der Waals surface area (Å²) in [5, 5.41) is 0. The molecule has 0 unspecified atom stereocenters. The highest BCUT2D eigenvalue weighted by Crippen LogP contribution is 2.23. The smallest absolute Gasteiger partial charge is 0.337 e. The van der Waals surface area contributed by atoms with Crippen LogP contribution < -0.4 is 10.9 Å². The van der Waals surface area contributed by atoms with E-state index in [1.54, 1.807) is 25.1 Å². The normalized spacial score (nSPS) is 11.6. The highest BCUT2D eigenvalue weighted by atomic mass is 79.9. The summed E-state index contributed by atoms with van der Waals surface area (Å²) in [4.78, 5) is 23.1. The Morgan fingerprint density at radius 2 is 2.10 bits per heavy atom. The summed E-state index contributed by atoms with van der Waals surface area (Å²) in [6.45, 7) is 3.92. The van der Waals surface area contributed by atoms with Crippen LogP contribution in [-0.4, -0.2) is 31.7 Å². The number of anilines is 1. The Labute approximate surface area is 125 Å². The van der Waals surface area contributed by atoms with E-state index in [-0.39, 0.29) is 5.91 Å². The molecule has 0 aliphatic rings. The van der Waals surface area contributed by atoms with Crippen LogP contribution in [0.15, 0.2) is 22.7 Å². The zero-order valence-electron chi connectivity index (χ0n) is 11.5. The number of nitrogens with one attached hydrogen (secondary N) is 2. The first kappa shape index (κ1) is 16.5. The lowest BCUT2D eigenvalue weighted by atomic mass is 10.2. The maximum atomic E-state index is 11.7. The van der Waals surface area contributed by atoms with Gasteiger partial charge in [0.1, 0.15) is 6.10 Å². The highest BCUT2D eigenvalue weighted by molar-refractivity contribution is 9.10. The molecule has 1 aromatic carbocycles. The number of hydrogen-bond donors (Lipinski definition) is 2. The number of rotatable bonds is 6. The summed E-state index contributed by atoms with van der Waals surface area (Å²) in [7, 11) is 1.31. The minimum atomic E-state index is -0.560. The van der Waals surface area contributed by atoms with Crippen molar-refractivity contribution in [3.8, 4) is 0 Å². The molecule has 0 saturated carbocycles. The maximum absolute atomic E-state index is 11.7. The van der Waals surface area contributed by atoms with E-state index < -0.39 is 12.1 Å². The Morgan fingerprint density at radius 3 is 2.70 bits per heavy atom. The topological polar surface area (TPSA) is 76.7 Å². The van der Waals surface area contributed by atoms with E-state index in [0.29, 0.717) is 22.3 Å². The monoisotopic (exact) mass is 344 g/mol. The molecule has 20 heavy (non-hydrogen) atoms. The third-order valence-electron chi connectivity index (χ3n) is 2.49. The van der Waals surface area contributed by atoms with Gasteiger partial charge in [-0.1, -0.05) is 0 Å². The number of hydrazine groups is 1. The second-order valence-corrected chi connectivity index (χ2v) is 4.75. The lowest BCUT2D eigenvalue weighted by Gasteiger charge is -2.15. The predicted molar refractivity (Wildman–Crippen MR) is 78.3 cm³/mol. The average Bonchev–Trinajstić information content (AvgIpc) is 2.45. The highest BCUT2D eigenvalue weighted by Gasteiger charge is 2.13. The molecule has 2 N–H and O–H groups in total. The minimum Gasteiger partial charge on any atom is -0.465 e. The lowest BCUT2D eigenvalue weighted by Crippen LogP contribution is -2.38. The molecule has 6 nitrogen and oxygen atoms in total. The van der Waals surface area contributed by atoms with Gasteiger partial charge in [0.25, 0.3) is 5.91 Å². The van der Waals surface area contributed by atoms with Gasteiger partial charge in [-0.05, 0) is 48.0 Å². The summed E-state index contributed by atoms with van der Waals surface area (Å²) >= 11 is 3.32. The van der Waals surface area contributed by atoms with Gasteiger partial charge in [0, 0.05) is 11.1 Å². The summed E-state index contributed by atoms with van der Waals surface area (Å²) in [6.07, 6.45) is -0.560. The van der Waals surface area contributed by atoms with Crippen LogP contribution in [0.2, 0.25) is 0 Å². The molecule has 0 heterocycles. The Morgan fingerprint density at radius 1 is 1.40 bits per heavy atom. The second-order valence-electron chi connectivity index (χ2n) is 3.90. The van der Waals surface area contributed by atoms with Crippen LogP contribution in [0.25, 0.3) is 0 Å². The zero-order chi connectivity index (χ0) is 15.1. The molecule has 0 spiro atoms. The summed E-state index contributed by atoms with van der Waals surface area (Å²) < 4.78 is 10.5. The number of carbonyl (C=O) groups is 2. The van der Waals surface area contributed by atoms with E-state index in [9.17, 15) is 9.59 Å². The summed E-state index contributed by atoms with van der Waals surface area (Å²) in [5.41, 5.74) is 6.18. The van der Waals surface area contributed by atoms with E-state index in [2.05, 4.69) is 31.5 Å². The van der Waals surface area contributed by atoms with Crippen molar-refractivity contribution in [2.45, 2.75) is 20.0 Å². The maximum Gasteiger partial charge on any atom is 0.337 e. The van der Waals surface area contributed by atoms with Crippen molar-refractivity contribution in [2.24, 2.45) is 0 Å². The molecule has 0 saturated heterocycles. The lowest BCUT2D eigenvalue weighted by molar-refractivity contribution is -0.130. The van der Waals surface area contributed by atoms with Crippen LogP contribution >= 0.6 is 15.9 Å². The van der Waals surface area contributed by atoms with Gasteiger partial charge in [-0.3, -0.25) is 15.6 Å². The van der Waals surface area contributed by atoms with E-state index in [0.717, 1.165) is 0 Å². The molecule has 0 aliphatic carbocycles. The van der Waals surface area contributed by atoms with Gasteiger partial charge in [0.2, 0.25) is 0 Å². The Bertz CT molecular complexity index is 493. The third-order valence-corrected chi connectivity index (χ3v) is 3.19. The van der Waals surface area contributed by atoms with E-state index in [1.165, 1.54) is 7.11 Å². The van der Waals surface area contributed by atoms with Crippen LogP contribution in [0.4, 0.5) is 5.69 Å². The molecule has 0 aliphatic heterocycles. The first-order valence-corrected chi connectivity index (χ1v) is 6.84. The molecule has 110 valence electrons. The molecule has 0 bridgehead atoms. The zero-order valence-corrected chi connectivity index (χ0v) is 13.1. The van der Waals surface area contributed by atoms with Crippen LogP contribution in [0, 0.1) is 0 Å². The first-order chi connectivity index (χ1) is 9.49. The second kappa shape index (κ2) is 7.86. The van der Waals surface area contributed by atoms with E-state index in [4.69, 9.17) is 4.74 Å². The summed E-state index contributed by atoms with van der Waals surface area (Å²) in [6, 6.07) is 4.87. The molecule has 0 radical (unpaired) electrons. The number of amides is 1. The van der Waals surface area contributed by atoms with Crippen molar-refractivity contribution in [1.82, 2.24) is 5.43 Å². The number of esters is 1. The molecular weight excluding hydrogens is 328 g/mol. The largest absolute Gasteiger partial charge is 0.465 e. The Balaban J connectivity index is 2.72. The SMILES string of the molecule is CCO[C@H](C)C(=O)NNc1cc(C(=O)OC)ccc1Br. The van der Waals surface area contributed by atoms with Crippen molar-refractivity contribution in [2.75, 3.05) is 19.1 Å². The number of carbonyl (C=O) groups excluding carboxylic acids is 2. The fourth-order valence-electron chi connectivity index (χ4n) is 1.42. The van der Waals surface area contributed by atoms with Crippen LogP contribution in [0.1, 0.15) is 24.2 Å². The van der Waals surface area contributed by atoms with Crippen LogP contribution in [0.3, 0.4) is 0 Å². The van der Waals surface area contributed by atoms with Crippen molar-refractivity contribution in [1.29, 1.82) is 0 Å². The van der Waals surface area contributed by atoms with Crippen LogP contribution in [-0.2, 0) is 14.3 Å². The molecule has 0 fully saturated rings. The fourth-order valence-corrected chi connectivity index (χ4v) is 1.77. The number of halogens is 1. The molecule has 1 atom stereocenters. The van der Waals surface area contributed by atoms with E-state index in [1.807, 2.05) is 6.92 Å². The molecule has 7 heteroatoms. The van der Waals surface area contributed by atoms with Gasteiger partial charge < -0.3 is 9.47 Å². The first-order valence-electron chi connectivity index (χ1n) is 6.05. The molecular formula is C13H17BrN2O4. The van der Waals surface area contributed by atoms with Gasteiger partial charge in [-0.15, -0.1) is 0 Å². The average molecular weight is 345 g/mol. The number of ether oxygens (including phenoxy) is 2. The van der Waals surface area contributed by atoms with Gasteiger partial charge in [0.05, 0.1) is 18.4 Å². The standard InChI is InChI=1S/C13H17BrN2O4/c1-4-20-8(2)12(17)16-15-11-7-9(13(18)19-3)5-6-10(11)14/h5-8,15H,4H2,1-3H3,(H,16,17)/t8-/m1/s1. The molecule has 1 rings (SSSR count). The molecule has 1 aromatic rings. The van der Waals surface area contributed by atoms with Gasteiger partial charge in [0.15, 0.2) is 0 Å². The van der Waals surface area contributed by atoms with Crippen molar-refractivity contribution < 1.29 is 19.1 Å². The predicted octanol–water partition coefficient (Wildman–Crippen LogP) is 2.10. The Kier molecular flexibility index (Phi) is 6.47. The molecule has 0 aromatic heterocycles.